The molecule has 0 amide bonds. The molecule has 0 heterocycles. The molecule has 0 aliphatic heterocycles. The van der Waals surface area contributed by atoms with E-state index in [0.29, 0.717) is 22.6 Å². The van der Waals surface area contributed by atoms with Crippen LogP contribution in [0.25, 0.3) is 12.2 Å². The molecule has 4 heteroatoms. The molecule has 4 nitrogen and oxygen atoms in total. The molecule has 0 aliphatic rings. The minimum atomic E-state index is -0.433. The van der Waals surface area contributed by atoms with Crippen molar-refractivity contribution in [2.24, 2.45) is 0 Å². The van der Waals surface area contributed by atoms with Gasteiger partial charge in [-0.15, -0.1) is 0 Å². The Bertz CT molecular complexity index is 748. The number of benzene rings is 2. The highest BCUT2D eigenvalue weighted by molar-refractivity contribution is 5.98. The van der Waals surface area contributed by atoms with Gasteiger partial charge in [0, 0.05) is 6.07 Å². The summed E-state index contributed by atoms with van der Waals surface area (Å²) in [5, 5.41) is 0. The van der Waals surface area contributed by atoms with Crippen LogP contribution in [0.5, 0.6) is 11.5 Å². The van der Waals surface area contributed by atoms with Crippen LogP contribution in [-0.4, -0.2) is 26.3 Å². The summed E-state index contributed by atoms with van der Waals surface area (Å²) >= 11 is 0. The molecule has 0 atom stereocenters. The van der Waals surface area contributed by atoms with Crippen LogP contribution in [0, 0.1) is 0 Å². The number of rotatable bonds is 8. The lowest BCUT2D eigenvalue weighted by atomic mass is 10.0. The molecule has 130 valence electrons. The molecule has 2 rings (SSSR count). The van der Waals surface area contributed by atoms with Crippen LogP contribution < -0.4 is 9.47 Å². The number of hydrogen-bond donors (Lipinski definition) is 0. The Labute approximate surface area is 148 Å². The van der Waals surface area contributed by atoms with Crippen molar-refractivity contribution in [3.63, 3.8) is 0 Å². The summed E-state index contributed by atoms with van der Waals surface area (Å²) in [6.07, 6.45) is 5.40. The maximum Gasteiger partial charge on any atom is 0.342 e. The molecule has 0 saturated carbocycles. The van der Waals surface area contributed by atoms with E-state index in [0.717, 1.165) is 5.56 Å². The van der Waals surface area contributed by atoms with Gasteiger partial charge in [-0.3, -0.25) is 0 Å². The first-order valence-corrected chi connectivity index (χ1v) is 8.05. The van der Waals surface area contributed by atoms with Gasteiger partial charge in [-0.2, -0.15) is 0 Å². The first-order chi connectivity index (χ1) is 12.2. The van der Waals surface area contributed by atoms with E-state index in [9.17, 15) is 4.79 Å². The lowest BCUT2D eigenvalue weighted by Crippen LogP contribution is -2.10. The first kappa shape index (κ1) is 18.3. The van der Waals surface area contributed by atoms with Gasteiger partial charge in [-0.25, -0.2) is 4.79 Å². The lowest BCUT2D eigenvalue weighted by molar-refractivity contribution is 0.0522. The average molecular weight is 338 g/mol. The van der Waals surface area contributed by atoms with Crippen molar-refractivity contribution in [3.05, 3.63) is 71.8 Å². The number of esters is 1. The highest BCUT2D eigenvalue weighted by Gasteiger charge is 2.19. The lowest BCUT2D eigenvalue weighted by Gasteiger charge is -2.14. The van der Waals surface area contributed by atoms with Crippen molar-refractivity contribution in [1.29, 1.82) is 0 Å². The van der Waals surface area contributed by atoms with Gasteiger partial charge in [0.05, 0.1) is 13.7 Å². The van der Waals surface area contributed by atoms with Crippen molar-refractivity contribution in [2.45, 2.75) is 6.92 Å². The van der Waals surface area contributed by atoms with Gasteiger partial charge < -0.3 is 14.2 Å². The maximum atomic E-state index is 12.5. The zero-order chi connectivity index (χ0) is 18.1. The van der Waals surface area contributed by atoms with Crippen molar-refractivity contribution >= 4 is 18.1 Å². The van der Waals surface area contributed by atoms with E-state index in [1.165, 1.54) is 0 Å². The average Bonchev–Trinajstić information content (AvgIpc) is 2.65. The third-order valence-electron chi connectivity index (χ3n) is 3.43. The summed E-state index contributed by atoms with van der Waals surface area (Å²) in [7, 11) is 1.57. The topological polar surface area (TPSA) is 44.8 Å². The molecule has 0 radical (unpaired) electrons. The number of ether oxygens (including phenoxy) is 3. The molecule has 0 spiro atoms. The van der Waals surface area contributed by atoms with Crippen LogP contribution in [0.1, 0.15) is 28.4 Å². The molecule has 2 aromatic rings. The molecule has 0 aromatic heterocycles. The monoisotopic (exact) mass is 338 g/mol. The predicted molar refractivity (Wildman–Crippen MR) is 100 cm³/mol. The molecule has 0 bridgehead atoms. The van der Waals surface area contributed by atoms with Gasteiger partial charge in [0.1, 0.15) is 23.7 Å². The van der Waals surface area contributed by atoms with E-state index in [4.69, 9.17) is 14.2 Å². The summed E-state index contributed by atoms with van der Waals surface area (Å²) < 4.78 is 16.2. The minimum Gasteiger partial charge on any atom is -0.497 e. The van der Waals surface area contributed by atoms with E-state index in [2.05, 4.69) is 6.58 Å². The van der Waals surface area contributed by atoms with Crippen LogP contribution in [-0.2, 0) is 4.74 Å². The van der Waals surface area contributed by atoms with Gasteiger partial charge in [0.25, 0.3) is 0 Å². The molecule has 25 heavy (non-hydrogen) atoms. The second kappa shape index (κ2) is 9.33. The number of carbonyl (C=O) groups excluding carboxylic acids is 1. The second-order valence-corrected chi connectivity index (χ2v) is 5.15. The summed E-state index contributed by atoms with van der Waals surface area (Å²) in [5.74, 6) is 0.571. The minimum absolute atomic E-state index is 0.279. The van der Waals surface area contributed by atoms with E-state index in [1.54, 1.807) is 32.2 Å². The quantitative estimate of drug-likeness (QED) is 0.401. The normalized spacial score (nSPS) is 10.5. The Kier molecular flexibility index (Phi) is 6.84. The van der Waals surface area contributed by atoms with Crippen LogP contribution in [0.3, 0.4) is 0 Å². The highest BCUT2D eigenvalue weighted by atomic mass is 16.5. The SMILES string of the molecule is C=CCOc1cc(OC)cc(C=Cc2ccccc2)c1C(=O)OCC. The molecular weight excluding hydrogens is 316 g/mol. The summed E-state index contributed by atoms with van der Waals surface area (Å²) in [6, 6.07) is 13.3. The molecule has 0 unspecified atom stereocenters. The molecule has 0 aliphatic carbocycles. The second-order valence-electron chi connectivity index (χ2n) is 5.15. The highest BCUT2D eigenvalue weighted by Crippen LogP contribution is 2.31. The van der Waals surface area contributed by atoms with Crippen LogP contribution in [0.4, 0.5) is 0 Å². The summed E-state index contributed by atoms with van der Waals surface area (Å²) in [5.41, 5.74) is 2.06. The molecule has 0 N–H and O–H groups in total. The Morgan fingerprint density at radius 2 is 1.92 bits per heavy atom. The zero-order valence-corrected chi connectivity index (χ0v) is 14.5. The Morgan fingerprint density at radius 1 is 1.16 bits per heavy atom. The number of hydrogen-bond acceptors (Lipinski definition) is 4. The molecular formula is C21H22O4. The van der Waals surface area contributed by atoms with Crippen LogP contribution in [0.15, 0.2) is 55.1 Å². The van der Waals surface area contributed by atoms with Crippen molar-refractivity contribution in [3.8, 4) is 11.5 Å². The predicted octanol–water partition coefficient (Wildman–Crippen LogP) is 4.61. The van der Waals surface area contributed by atoms with Gasteiger partial charge >= 0.3 is 5.97 Å². The van der Waals surface area contributed by atoms with E-state index >= 15 is 0 Å². The smallest absolute Gasteiger partial charge is 0.342 e. The molecule has 2 aromatic carbocycles. The summed E-state index contributed by atoms with van der Waals surface area (Å²) in [6.45, 7) is 5.97. The van der Waals surface area contributed by atoms with Crippen LogP contribution >= 0.6 is 0 Å². The van der Waals surface area contributed by atoms with Crippen molar-refractivity contribution < 1.29 is 19.0 Å². The number of methoxy groups -OCH3 is 1. The Morgan fingerprint density at radius 3 is 2.56 bits per heavy atom. The Hall–Kier alpha value is -3.01. The molecule has 0 saturated heterocycles. The third-order valence-corrected chi connectivity index (χ3v) is 3.43. The van der Waals surface area contributed by atoms with Gasteiger partial charge in [0.15, 0.2) is 0 Å². The van der Waals surface area contributed by atoms with E-state index in [-0.39, 0.29) is 13.2 Å². The summed E-state index contributed by atoms with van der Waals surface area (Å²) in [4.78, 5) is 12.5. The first-order valence-electron chi connectivity index (χ1n) is 8.05. The fraction of sp³-hybridized carbons (Fsp3) is 0.190. The van der Waals surface area contributed by atoms with Crippen LogP contribution in [0.2, 0.25) is 0 Å². The standard InChI is InChI=1S/C21H22O4/c1-4-13-25-19-15-18(23-3)14-17(20(19)21(22)24-5-2)12-11-16-9-7-6-8-10-16/h4,6-12,14-15H,1,5,13H2,2-3H3. The van der Waals surface area contributed by atoms with E-state index < -0.39 is 5.97 Å². The van der Waals surface area contributed by atoms with E-state index in [1.807, 2.05) is 42.5 Å². The van der Waals surface area contributed by atoms with Gasteiger partial charge in [0.2, 0.25) is 0 Å². The van der Waals surface area contributed by atoms with Crippen molar-refractivity contribution in [1.82, 2.24) is 0 Å². The Balaban J connectivity index is 2.51. The fourth-order valence-corrected chi connectivity index (χ4v) is 2.29. The fourth-order valence-electron chi connectivity index (χ4n) is 2.29. The molecule has 0 fully saturated rings. The number of carbonyl (C=O) groups is 1. The third kappa shape index (κ3) is 4.98. The van der Waals surface area contributed by atoms with Gasteiger partial charge in [-0.05, 0) is 24.1 Å². The largest absolute Gasteiger partial charge is 0.497 e. The zero-order valence-electron chi connectivity index (χ0n) is 14.5. The van der Waals surface area contributed by atoms with Crippen molar-refractivity contribution in [2.75, 3.05) is 20.3 Å². The van der Waals surface area contributed by atoms with Gasteiger partial charge in [-0.1, -0.05) is 55.1 Å². The maximum absolute atomic E-state index is 12.5.